The summed E-state index contributed by atoms with van der Waals surface area (Å²) in [7, 11) is -3.73. The van der Waals surface area contributed by atoms with Gasteiger partial charge in [-0.2, -0.15) is 0 Å². The number of hydrogen-bond acceptors (Lipinski definition) is 4. The number of carbonyl (C=O) groups is 1. The van der Waals surface area contributed by atoms with Crippen LogP contribution in [0, 0.1) is 0 Å². The van der Waals surface area contributed by atoms with Crippen molar-refractivity contribution in [3.63, 3.8) is 0 Å². The molecule has 0 saturated heterocycles. The highest BCUT2D eigenvalue weighted by Crippen LogP contribution is 2.25. The fourth-order valence-electron chi connectivity index (χ4n) is 2.97. The van der Waals surface area contributed by atoms with Crippen LogP contribution in [-0.4, -0.2) is 37.5 Å². The van der Waals surface area contributed by atoms with Gasteiger partial charge in [0.1, 0.15) is 0 Å². The number of aliphatic carboxylic acids is 1. The summed E-state index contributed by atoms with van der Waals surface area (Å²) >= 11 is 5.90. The smallest absolute Gasteiger partial charge is 0.304 e. The SMILES string of the molecule is O=C(O)CCN1CCc2ccc(S(=O)(=O)Nc3cccc(Cl)c3)cc2C1. The molecule has 1 aliphatic rings. The van der Waals surface area contributed by atoms with Gasteiger partial charge in [0, 0.05) is 24.7 Å². The fraction of sp³-hybridized carbons (Fsp3) is 0.278. The Bertz CT molecular complexity index is 931. The third-order valence-electron chi connectivity index (χ3n) is 4.30. The Morgan fingerprint density at radius 1 is 1.19 bits per heavy atom. The van der Waals surface area contributed by atoms with Crippen molar-refractivity contribution < 1.29 is 18.3 Å². The first-order chi connectivity index (χ1) is 12.3. The minimum atomic E-state index is -3.73. The van der Waals surface area contributed by atoms with Gasteiger partial charge in [0.2, 0.25) is 0 Å². The third-order valence-corrected chi connectivity index (χ3v) is 5.91. The Balaban J connectivity index is 1.79. The summed E-state index contributed by atoms with van der Waals surface area (Å²) in [6.07, 6.45) is 0.848. The molecule has 0 aliphatic carbocycles. The van der Waals surface area contributed by atoms with Crippen LogP contribution in [0.2, 0.25) is 5.02 Å². The Morgan fingerprint density at radius 2 is 2.00 bits per heavy atom. The quantitative estimate of drug-likeness (QED) is 0.786. The van der Waals surface area contributed by atoms with Gasteiger partial charge in [0.15, 0.2) is 0 Å². The lowest BCUT2D eigenvalue weighted by atomic mass is 10.00. The van der Waals surface area contributed by atoms with Crippen molar-refractivity contribution >= 4 is 33.3 Å². The predicted octanol–water partition coefficient (Wildman–Crippen LogP) is 2.97. The monoisotopic (exact) mass is 394 g/mol. The number of anilines is 1. The summed E-state index contributed by atoms with van der Waals surface area (Å²) in [5.41, 5.74) is 2.41. The maximum atomic E-state index is 12.6. The second kappa shape index (κ2) is 7.65. The van der Waals surface area contributed by atoms with Crippen molar-refractivity contribution in [3.05, 3.63) is 58.6 Å². The number of halogens is 1. The van der Waals surface area contributed by atoms with E-state index >= 15 is 0 Å². The van der Waals surface area contributed by atoms with Crippen molar-refractivity contribution in [1.29, 1.82) is 0 Å². The number of sulfonamides is 1. The van der Waals surface area contributed by atoms with E-state index in [2.05, 4.69) is 4.72 Å². The zero-order chi connectivity index (χ0) is 18.7. The van der Waals surface area contributed by atoms with Crippen LogP contribution < -0.4 is 4.72 Å². The number of carboxylic acids is 1. The van der Waals surface area contributed by atoms with Gasteiger partial charge in [-0.05, 0) is 47.9 Å². The maximum absolute atomic E-state index is 12.6. The summed E-state index contributed by atoms with van der Waals surface area (Å²) < 4.78 is 27.8. The van der Waals surface area contributed by atoms with Crippen LogP contribution in [0.1, 0.15) is 17.5 Å². The molecule has 8 heteroatoms. The second-order valence-corrected chi connectivity index (χ2v) is 8.34. The zero-order valence-corrected chi connectivity index (χ0v) is 15.6. The van der Waals surface area contributed by atoms with Gasteiger partial charge in [-0.1, -0.05) is 23.7 Å². The highest BCUT2D eigenvalue weighted by atomic mass is 35.5. The van der Waals surface area contributed by atoms with E-state index in [1.165, 1.54) is 0 Å². The molecule has 1 heterocycles. The zero-order valence-electron chi connectivity index (χ0n) is 14.0. The standard InChI is InChI=1S/C18H19ClN2O4S/c19-15-2-1-3-16(11-15)20-26(24,25)17-5-4-13-6-8-21(9-7-18(22)23)12-14(13)10-17/h1-5,10-11,20H,6-9,12H2,(H,22,23). The number of nitrogens with zero attached hydrogens (tertiary/aromatic N) is 1. The van der Waals surface area contributed by atoms with Crippen LogP contribution >= 0.6 is 11.6 Å². The molecule has 0 atom stereocenters. The van der Waals surface area contributed by atoms with Gasteiger partial charge < -0.3 is 5.11 Å². The Labute approximate surface area is 157 Å². The van der Waals surface area contributed by atoms with Crippen molar-refractivity contribution in [2.45, 2.75) is 24.3 Å². The molecule has 26 heavy (non-hydrogen) atoms. The van der Waals surface area contributed by atoms with E-state index in [1.807, 2.05) is 11.0 Å². The highest BCUT2D eigenvalue weighted by Gasteiger charge is 2.21. The molecule has 0 aromatic heterocycles. The molecule has 2 aromatic rings. The van der Waals surface area contributed by atoms with E-state index in [1.54, 1.807) is 36.4 Å². The van der Waals surface area contributed by atoms with Crippen LogP contribution in [0.25, 0.3) is 0 Å². The number of rotatable bonds is 6. The van der Waals surface area contributed by atoms with Crippen LogP contribution in [0.4, 0.5) is 5.69 Å². The van der Waals surface area contributed by atoms with E-state index in [0.717, 1.165) is 24.1 Å². The van der Waals surface area contributed by atoms with Crippen molar-refractivity contribution in [1.82, 2.24) is 4.90 Å². The minimum absolute atomic E-state index is 0.0731. The van der Waals surface area contributed by atoms with Gasteiger partial charge in [-0.3, -0.25) is 14.4 Å². The number of hydrogen-bond donors (Lipinski definition) is 2. The van der Waals surface area contributed by atoms with Crippen molar-refractivity contribution in [3.8, 4) is 0 Å². The Hall–Kier alpha value is -2.09. The maximum Gasteiger partial charge on any atom is 0.304 e. The molecule has 0 fully saturated rings. The van der Waals surface area contributed by atoms with Gasteiger partial charge >= 0.3 is 5.97 Å². The molecule has 0 bridgehead atoms. The van der Waals surface area contributed by atoms with Crippen molar-refractivity contribution in [2.24, 2.45) is 0 Å². The molecule has 2 aromatic carbocycles. The van der Waals surface area contributed by atoms with Gasteiger partial charge in [0.25, 0.3) is 10.0 Å². The molecule has 1 aliphatic heterocycles. The Morgan fingerprint density at radius 3 is 2.73 bits per heavy atom. The molecule has 138 valence electrons. The molecule has 3 rings (SSSR count). The van der Waals surface area contributed by atoms with E-state index in [9.17, 15) is 13.2 Å². The molecule has 0 unspecified atom stereocenters. The summed E-state index contributed by atoms with van der Waals surface area (Å²) in [6.45, 7) is 1.77. The molecule has 2 N–H and O–H groups in total. The molecule has 6 nitrogen and oxygen atoms in total. The minimum Gasteiger partial charge on any atom is -0.481 e. The molecular formula is C18H19ClN2O4S. The molecular weight excluding hydrogens is 376 g/mol. The van der Waals surface area contributed by atoms with E-state index in [4.69, 9.17) is 16.7 Å². The Kier molecular flexibility index (Phi) is 5.50. The van der Waals surface area contributed by atoms with E-state index in [-0.39, 0.29) is 11.3 Å². The van der Waals surface area contributed by atoms with Crippen LogP contribution in [0.5, 0.6) is 0 Å². The fourth-order valence-corrected chi connectivity index (χ4v) is 4.26. The van der Waals surface area contributed by atoms with Crippen LogP contribution in [0.3, 0.4) is 0 Å². The van der Waals surface area contributed by atoms with Crippen LogP contribution in [0.15, 0.2) is 47.4 Å². The summed E-state index contributed by atoms with van der Waals surface area (Å²) in [4.78, 5) is 12.9. The van der Waals surface area contributed by atoms with Gasteiger partial charge in [0.05, 0.1) is 17.0 Å². The first kappa shape index (κ1) is 18.7. The second-order valence-electron chi connectivity index (χ2n) is 6.22. The van der Waals surface area contributed by atoms with Crippen molar-refractivity contribution in [2.75, 3.05) is 17.8 Å². The van der Waals surface area contributed by atoms with E-state index < -0.39 is 16.0 Å². The number of benzene rings is 2. The molecule has 0 radical (unpaired) electrons. The lowest BCUT2D eigenvalue weighted by molar-refractivity contribution is -0.137. The average molecular weight is 395 g/mol. The number of carboxylic acid groups (broad SMARTS) is 1. The first-order valence-corrected chi connectivity index (χ1v) is 10.0. The summed E-state index contributed by atoms with van der Waals surface area (Å²) in [6, 6.07) is 11.6. The largest absolute Gasteiger partial charge is 0.481 e. The van der Waals surface area contributed by atoms with Gasteiger partial charge in [-0.25, -0.2) is 8.42 Å². The predicted molar refractivity (Wildman–Crippen MR) is 99.9 cm³/mol. The molecule has 0 saturated carbocycles. The lowest BCUT2D eigenvalue weighted by Crippen LogP contribution is -2.32. The van der Waals surface area contributed by atoms with Gasteiger partial charge in [-0.15, -0.1) is 0 Å². The average Bonchev–Trinajstić information content (AvgIpc) is 2.59. The first-order valence-electron chi connectivity index (χ1n) is 8.18. The molecule has 0 amide bonds. The third kappa shape index (κ3) is 4.55. The lowest BCUT2D eigenvalue weighted by Gasteiger charge is -2.28. The summed E-state index contributed by atoms with van der Waals surface area (Å²) in [5, 5.41) is 9.27. The normalized spacial score (nSPS) is 14.7. The molecule has 0 spiro atoms. The van der Waals surface area contributed by atoms with Crippen LogP contribution in [-0.2, 0) is 27.8 Å². The number of nitrogens with one attached hydrogen (secondary N) is 1. The number of fused-ring (bicyclic) bond motifs is 1. The summed E-state index contributed by atoms with van der Waals surface area (Å²) in [5.74, 6) is -0.835. The topological polar surface area (TPSA) is 86.7 Å². The van der Waals surface area contributed by atoms with E-state index in [0.29, 0.717) is 23.8 Å². The highest BCUT2D eigenvalue weighted by molar-refractivity contribution is 7.92.